The van der Waals surface area contributed by atoms with Crippen LogP contribution < -0.4 is 5.32 Å². The van der Waals surface area contributed by atoms with Crippen molar-refractivity contribution >= 4 is 0 Å². The second kappa shape index (κ2) is 4.91. The van der Waals surface area contributed by atoms with Gasteiger partial charge in [-0.25, -0.2) is 0 Å². The second-order valence-electron chi connectivity index (χ2n) is 7.19. The molecule has 17 heavy (non-hydrogen) atoms. The van der Waals surface area contributed by atoms with Crippen LogP contribution in [0, 0.1) is 29.6 Å². The molecule has 6 unspecified atom stereocenters. The van der Waals surface area contributed by atoms with Crippen LogP contribution in [0.5, 0.6) is 0 Å². The molecule has 0 aromatic carbocycles. The molecule has 98 valence electrons. The third kappa shape index (κ3) is 2.28. The molecule has 1 N–H and O–H groups in total. The van der Waals surface area contributed by atoms with Crippen LogP contribution >= 0.6 is 0 Å². The Labute approximate surface area is 107 Å². The molecule has 0 spiro atoms. The van der Waals surface area contributed by atoms with Crippen LogP contribution in [0.2, 0.25) is 0 Å². The topological polar surface area (TPSA) is 12.0 Å². The van der Waals surface area contributed by atoms with E-state index >= 15 is 0 Å². The Balaban J connectivity index is 1.66. The lowest BCUT2D eigenvalue weighted by Crippen LogP contribution is -2.44. The van der Waals surface area contributed by atoms with E-state index in [1.54, 1.807) is 19.3 Å². The van der Waals surface area contributed by atoms with Gasteiger partial charge in [-0.15, -0.1) is 0 Å². The van der Waals surface area contributed by atoms with Gasteiger partial charge >= 0.3 is 0 Å². The molecule has 0 aromatic rings. The molecule has 3 aliphatic carbocycles. The highest BCUT2D eigenvalue weighted by atomic mass is 14.9. The molecule has 0 heterocycles. The summed E-state index contributed by atoms with van der Waals surface area (Å²) in [5.41, 5.74) is 0. The molecule has 3 fully saturated rings. The fourth-order valence-corrected chi connectivity index (χ4v) is 5.34. The average molecular weight is 235 g/mol. The fourth-order valence-electron chi connectivity index (χ4n) is 5.34. The van der Waals surface area contributed by atoms with E-state index in [1.807, 2.05) is 0 Å². The highest BCUT2D eigenvalue weighted by Crippen LogP contribution is 2.51. The maximum Gasteiger partial charge on any atom is 0.0123 e. The molecular formula is C16H29N. The van der Waals surface area contributed by atoms with Gasteiger partial charge in [-0.3, -0.25) is 0 Å². The summed E-state index contributed by atoms with van der Waals surface area (Å²) in [5, 5.41) is 3.72. The minimum Gasteiger partial charge on any atom is -0.316 e. The predicted molar refractivity (Wildman–Crippen MR) is 72.9 cm³/mol. The van der Waals surface area contributed by atoms with E-state index in [2.05, 4.69) is 19.3 Å². The number of nitrogens with one attached hydrogen (secondary N) is 1. The second-order valence-corrected chi connectivity index (χ2v) is 7.19. The highest BCUT2D eigenvalue weighted by molar-refractivity contribution is 4.97. The van der Waals surface area contributed by atoms with Crippen LogP contribution in [-0.4, -0.2) is 13.1 Å². The molecule has 0 saturated heterocycles. The zero-order valence-electron chi connectivity index (χ0n) is 11.6. The normalized spacial score (nSPS) is 47.3. The first-order valence-corrected chi connectivity index (χ1v) is 7.95. The van der Waals surface area contributed by atoms with Crippen LogP contribution in [0.25, 0.3) is 0 Å². The Kier molecular flexibility index (Phi) is 3.47. The average Bonchev–Trinajstić information content (AvgIpc) is 2.92. The Morgan fingerprint density at radius 1 is 1.00 bits per heavy atom. The van der Waals surface area contributed by atoms with Crippen molar-refractivity contribution in [2.24, 2.45) is 29.6 Å². The summed E-state index contributed by atoms with van der Waals surface area (Å²) in [4.78, 5) is 0. The molecule has 6 atom stereocenters. The SMILES string of the molecule is CNC(C1CCCC(C)C1)C1CC2CCC1C2. The van der Waals surface area contributed by atoms with Gasteiger partial charge in [0, 0.05) is 6.04 Å². The van der Waals surface area contributed by atoms with Crippen molar-refractivity contribution < 1.29 is 0 Å². The number of hydrogen-bond donors (Lipinski definition) is 1. The molecule has 3 aliphatic rings. The van der Waals surface area contributed by atoms with Crippen LogP contribution in [0.3, 0.4) is 0 Å². The predicted octanol–water partition coefficient (Wildman–Crippen LogP) is 3.84. The van der Waals surface area contributed by atoms with E-state index in [-0.39, 0.29) is 0 Å². The lowest BCUT2D eigenvalue weighted by atomic mass is 9.71. The summed E-state index contributed by atoms with van der Waals surface area (Å²) < 4.78 is 0. The largest absolute Gasteiger partial charge is 0.316 e. The lowest BCUT2D eigenvalue weighted by Gasteiger charge is -2.39. The molecule has 2 bridgehead atoms. The van der Waals surface area contributed by atoms with Gasteiger partial charge in [0.1, 0.15) is 0 Å². The zero-order valence-corrected chi connectivity index (χ0v) is 11.6. The monoisotopic (exact) mass is 235 g/mol. The van der Waals surface area contributed by atoms with Crippen molar-refractivity contribution in [3.8, 4) is 0 Å². The van der Waals surface area contributed by atoms with Gasteiger partial charge in [-0.1, -0.05) is 26.2 Å². The van der Waals surface area contributed by atoms with E-state index in [1.165, 1.54) is 32.1 Å². The van der Waals surface area contributed by atoms with E-state index in [0.717, 1.165) is 35.6 Å². The summed E-state index contributed by atoms with van der Waals surface area (Å²) in [5.74, 6) is 5.15. The molecule has 1 nitrogen and oxygen atoms in total. The van der Waals surface area contributed by atoms with Crippen LogP contribution in [0.4, 0.5) is 0 Å². The van der Waals surface area contributed by atoms with E-state index in [0.29, 0.717) is 0 Å². The highest BCUT2D eigenvalue weighted by Gasteiger charge is 2.44. The van der Waals surface area contributed by atoms with Crippen molar-refractivity contribution in [1.29, 1.82) is 0 Å². The first kappa shape index (κ1) is 12.0. The minimum absolute atomic E-state index is 0.841. The molecule has 0 aromatic heterocycles. The first-order chi connectivity index (χ1) is 8.28. The standard InChI is InChI=1S/C16H29N/c1-11-4-3-5-14(8-11)16(17-2)15-10-12-6-7-13(15)9-12/h11-17H,3-10H2,1-2H3. The smallest absolute Gasteiger partial charge is 0.0123 e. The van der Waals surface area contributed by atoms with Crippen molar-refractivity contribution in [3.05, 3.63) is 0 Å². The lowest BCUT2D eigenvalue weighted by molar-refractivity contribution is 0.147. The van der Waals surface area contributed by atoms with Gasteiger partial charge in [0.15, 0.2) is 0 Å². The van der Waals surface area contributed by atoms with E-state index < -0.39 is 0 Å². The summed E-state index contributed by atoms with van der Waals surface area (Å²) in [7, 11) is 2.22. The van der Waals surface area contributed by atoms with Gasteiger partial charge in [-0.05, 0) is 68.7 Å². The number of rotatable bonds is 3. The van der Waals surface area contributed by atoms with Gasteiger partial charge in [0.2, 0.25) is 0 Å². The summed E-state index contributed by atoms with van der Waals surface area (Å²) >= 11 is 0. The van der Waals surface area contributed by atoms with Crippen LogP contribution in [0.1, 0.15) is 58.3 Å². The fraction of sp³-hybridized carbons (Fsp3) is 1.00. The molecule has 0 aliphatic heterocycles. The third-order valence-electron chi connectivity index (χ3n) is 6.07. The zero-order chi connectivity index (χ0) is 11.8. The quantitative estimate of drug-likeness (QED) is 0.784. The van der Waals surface area contributed by atoms with Crippen LogP contribution in [-0.2, 0) is 0 Å². The minimum atomic E-state index is 0.841. The summed E-state index contributed by atoms with van der Waals surface area (Å²) in [6.45, 7) is 2.46. The maximum absolute atomic E-state index is 3.72. The van der Waals surface area contributed by atoms with E-state index in [9.17, 15) is 0 Å². The van der Waals surface area contributed by atoms with Gasteiger partial charge in [-0.2, -0.15) is 0 Å². The summed E-state index contributed by atoms with van der Waals surface area (Å²) in [6, 6.07) is 0.841. The van der Waals surface area contributed by atoms with Crippen molar-refractivity contribution in [2.75, 3.05) is 7.05 Å². The van der Waals surface area contributed by atoms with Crippen molar-refractivity contribution in [1.82, 2.24) is 5.32 Å². The Morgan fingerprint density at radius 2 is 1.88 bits per heavy atom. The van der Waals surface area contributed by atoms with Crippen molar-refractivity contribution in [3.63, 3.8) is 0 Å². The maximum atomic E-state index is 3.72. The Bertz CT molecular complexity index is 262. The van der Waals surface area contributed by atoms with Gasteiger partial charge in [0.25, 0.3) is 0 Å². The third-order valence-corrected chi connectivity index (χ3v) is 6.07. The molecule has 0 amide bonds. The van der Waals surface area contributed by atoms with Crippen molar-refractivity contribution in [2.45, 2.75) is 64.3 Å². The van der Waals surface area contributed by atoms with Gasteiger partial charge < -0.3 is 5.32 Å². The first-order valence-electron chi connectivity index (χ1n) is 7.95. The molecule has 3 saturated carbocycles. The number of hydrogen-bond acceptors (Lipinski definition) is 1. The van der Waals surface area contributed by atoms with E-state index in [4.69, 9.17) is 0 Å². The molecule has 0 radical (unpaired) electrons. The Morgan fingerprint density at radius 3 is 2.47 bits per heavy atom. The molecule has 1 heteroatoms. The molecular weight excluding hydrogens is 206 g/mol. The Hall–Kier alpha value is -0.0400. The van der Waals surface area contributed by atoms with Crippen LogP contribution in [0.15, 0.2) is 0 Å². The van der Waals surface area contributed by atoms with Gasteiger partial charge in [0.05, 0.1) is 0 Å². The molecule has 3 rings (SSSR count). The summed E-state index contributed by atoms with van der Waals surface area (Å²) in [6.07, 6.45) is 12.1. The number of fused-ring (bicyclic) bond motifs is 2.